The predicted molar refractivity (Wildman–Crippen MR) is 139 cm³/mol. The van der Waals surface area contributed by atoms with E-state index in [4.69, 9.17) is 4.74 Å². The van der Waals surface area contributed by atoms with E-state index in [0.29, 0.717) is 18.6 Å². The van der Waals surface area contributed by atoms with Crippen molar-refractivity contribution in [3.63, 3.8) is 0 Å². The number of hydrogen-bond acceptors (Lipinski definition) is 5. The predicted octanol–water partition coefficient (Wildman–Crippen LogP) is 4.65. The fourth-order valence-corrected chi connectivity index (χ4v) is 4.84. The quantitative estimate of drug-likeness (QED) is 0.440. The van der Waals surface area contributed by atoms with Crippen molar-refractivity contribution in [2.75, 3.05) is 18.6 Å². The molecule has 1 aliphatic carbocycles. The van der Waals surface area contributed by atoms with Gasteiger partial charge >= 0.3 is 12.1 Å². The van der Waals surface area contributed by atoms with Crippen LogP contribution < -0.4 is 10.6 Å². The number of fused-ring (bicyclic) bond motifs is 3. The van der Waals surface area contributed by atoms with E-state index >= 15 is 0 Å². The highest BCUT2D eigenvalue weighted by atomic mass is 32.2. The third kappa shape index (κ3) is 7.01. The highest BCUT2D eigenvalue weighted by molar-refractivity contribution is 7.98. The van der Waals surface area contributed by atoms with Crippen molar-refractivity contribution in [3.05, 3.63) is 59.7 Å². The minimum atomic E-state index is -1.09. The van der Waals surface area contributed by atoms with Crippen molar-refractivity contribution in [3.8, 4) is 11.1 Å². The Labute approximate surface area is 211 Å². The van der Waals surface area contributed by atoms with E-state index in [1.807, 2.05) is 63.4 Å². The summed E-state index contributed by atoms with van der Waals surface area (Å²) in [5.74, 6) is -1.11. The van der Waals surface area contributed by atoms with Gasteiger partial charge in [-0.05, 0) is 52.5 Å². The van der Waals surface area contributed by atoms with Gasteiger partial charge in [-0.25, -0.2) is 9.59 Å². The molecule has 0 bridgehead atoms. The van der Waals surface area contributed by atoms with Crippen LogP contribution in [0.1, 0.15) is 50.7 Å². The summed E-state index contributed by atoms with van der Waals surface area (Å²) in [5, 5.41) is 14.7. The molecule has 2 unspecified atom stereocenters. The maximum atomic E-state index is 13.0. The lowest BCUT2D eigenvalue weighted by Crippen LogP contribution is -2.53. The first-order valence-corrected chi connectivity index (χ1v) is 13.1. The van der Waals surface area contributed by atoms with Gasteiger partial charge in [-0.15, -0.1) is 0 Å². The second-order valence-corrected chi connectivity index (χ2v) is 11.0. The molecule has 3 N–H and O–H groups in total. The summed E-state index contributed by atoms with van der Waals surface area (Å²) in [7, 11) is 0. The molecular weight excluding hydrogens is 464 g/mol. The number of hydrogen-bond donors (Lipinski definition) is 3. The number of nitrogens with one attached hydrogen (secondary N) is 2. The van der Waals surface area contributed by atoms with Crippen LogP contribution in [0, 0.1) is 5.41 Å². The zero-order chi connectivity index (χ0) is 25.6. The average Bonchev–Trinajstić information content (AvgIpc) is 3.12. The molecule has 0 heterocycles. The van der Waals surface area contributed by atoms with Crippen LogP contribution in [-0.2, 0) is 14.3 Å². The van der Waals surface area contributed by atoms with Gasteiger partial charge in [0.1, 0.15) is 18.7 Å². The number of amides is 2. The van der Waals surface area contributed by atoms with Gasteiger partial charge in [-0.1, -0.05) is 69.3 Å². The zero-order valence-corrected chi connectivity index (χ0v) is 21.5. The number of thioether (sulfide) groups is 1. The number of ether oxygens (including phenoxy) is 1. The summed E-state index contributed by atoms with van der Waals surface area (Å²) in [5.41, 5.74) is 4.18. The molecule has 1 aliphatic rings. The summed E-state index contributed by atoms with van der Waals surface area (Å²) < 4.78 is 5.60. The first kappa shape index (κ1) is 26.6. The summed E-state index contributed by atoms with van der Waals surface area (Å²) in [4.78, 5) is 37.3. The van der Waals surface area contributed by atoms with Crippen LogP contribution in [0.2, 0.25) is 0 Å². The van der Waals surface area contributed by atoms with Gasteiger partial charge in [0.05, 0.1) is 0 Å². The van der Waals surface area contributed by atoms with Gasteiger partial charge < -0.3 is 20.5 Å². The number of carboxylic acids is 1. The maximum Gasteiger partial charge on any atom is 0.407 e. The van der Waals surface area contributed by atoms with E-state index in [0.717, 1.165) is 22.3 Å². The van der Waals surface area contributed by atoms with E-state index < -0.39 is 30.1 Å². The fraction of sp³-hybridized carbons (Fsp3) is 0.444. The molecule has 7 nitrogen and oxygen atoms in total. The largest absolute Gasteiger partial charge is 0.480 e. The van der Waals surface area contributed by atoms with Crippen molar-refractivity contribution in [2.24, 2.45) is 5.41 Å². The first-order valence-electron chi connectivity index (χ1n) is 11.7. The molecule has 0 aliphatic heterocycles. The van der Waals surface area contributed by atoms with Gasteiger partial charge in [0, 0.05) is 5.92 Å². The Hall–Kier alpha value is -3.00. The van der Waals surface area contributed by atoms with Gasteiger partial charge in [0.15, 0.2) is 0 Å². The van der Waals surface area contributed by atoms with Crippen molar-refractivity contribution < 1.29 is 24.2 Å². The van der Waals surface area contributed by atoms with Crippen LogP contribution in [0.15, 0.2) is 48.5 Å². The molecular formula is C27H34N2O5S. The monoisotopic (exact) mass is 498 g/mol. The molecule has 0 spiro atoms. The Morgan fingerprint density at radius 3 is 2.06 bits per heavy atom. The number of benzene rings is 2. The third-order valence-electron chi connectivity index (χ3n) is 5.99. The lowest BCUT2D eigenvalue weighted by Gasteiger charge is -2.27. The summed E-state index contributed by atoms with van der Waals surface area (Å²) in [6, 6.07) is 14.2. The molecule has 2 aromatic rings. The lowest BCUT2D eigenvalue weighted by molar-refractivity contribution is -0.142. The van der Waals surface area contributed by atoms with Gasteiger partial charge in [-0.3, -0.25) is 4.79 Å². The Bertz CT molecular complexity index is 1020. The Morgan fingerprint density at radius 1 is 0.971 bits per heavy atom. The highest BCUT2D eigenvalue weighted by Crippen LogP contribution is 2.44. The fourth-order valence-electron chi connectivity index (χ4n) is 4.37. The molecule has 0 fully saturated rings. The van der Waals surface area contributed by atoms with Crippen LogP contribution >= 0.6 is 11.8 Å². The lowest BCUT2D eigenvalue weighted by atomic mass is 9.87. The molecule has 3 rings (SSSR count). The molecule has 188 valence electrons. The molecule has 0 radical (unpaired) electrons. The second kappa shape index (κ2) is 11.6. The Kier molecular flexibility index (Phi) is 8.83. The third-order valence-corrected chi connectivity index (χ3v) is 6.64. The summed E-state index contributed by atoms with van der Waals surface area (Å²) in [6.07, 6.45) is 1.81. The van der Waals surface area contributed by atoms with E-state index in [1.165, 1.54) is 11.8 Å². The SMILES string of the molecule is CSCCC(NC(=O)C(CC(C)(C)C)NC(=O)OCC1c2ccccc2-c2ccccc21)C(=O)O. The van der Waals surface area contributed by atoms with Crippen LogP contribution in [0.5, 0.6) is 0 Å². The van der Waals surface area contributed by atoms with Crippen molar-refractivity contribution in [1.82, 2.24) is 10.6 Å². The van der Waals surface area contributed by atoms with Crippen LogP contribution in [0.25, 0.3) is 11.1 Å². The molecule has 8 heteroatoms. The van der Waals surface area contributed by atoms with E-state index in [1.54, 1.807) is 0 Å². The maximum absolute atomic E-state index is 13.0. The van der Waals surface area contributed by atoms with Crippen LogP contribution in [0.3, 0.4) is 0 Å². The van der Waals surface area contributed by atoms with Crippen LogP contribution in [0.4, 0.5) is 4.79 Å². The standard InChI is InChI=1S/C27H34N2O5S/c1-27(2,3)15-23(24(30)28-22(25(31)32)13-14-35-4)29-26(33)34-16-21-19-11-7-5-9-17(19)18-10-6-8-12-20(18)21/h5-12,21-23H,13-16H2,1-4H3,(H,28,30)(H,29,33)(H,31,32). The molecule has 0 saturated heterocycles. The van der Waals surface area contributed by atoms with E-state index in [9.17, 15) is 19.5 Å². The van der Waals surface area contributed by atoms with Gasteiger partial charge in [0.2, 0.25) is 5.91 Å². The minimum absolute atomic E-state index is 0.0917. The number of rotatable bonds is 10. The summed E-state index contributed by atoms with van der Waals surface area (Å²) >= 11 is 1.51. The Balaban J connectivity index is 1.68. The van der Waals surface area contributed by atoms with E-state index in [2.05, 4.69) is 22.8 Å². The van der Waals surface area contributed by atoms with Crippen molar-refractivity contribution in [1.29, 1.82) is 0 Å². The molecule has 2 aromatic carbocycles. The number of aliphatic carboxylic acids is 1. The molecule has 2 atom stereocenters. The molecule has 0 saturated carbocycles. The smallest absolute Gasteiger partial charge is 0.407 e. The van der Waals surface area contributed by atoms with Crippen molar-refractivity contribution in [2.45, 2.75) is 51.6 Å². The molecule has 2 amide bonds. The van der Waals surface area contributed by atoms with E-state index in [-0.39, 0.29) is 17.9 Å². The first-order chi connectivity index (χ1) is 16.6. The number of carbonyl (C=O) groups is 3. The van der Waals surface area contributed by atoms with Crippen molar-refractivity contribution >= 4 is 29.7 Å². The minimum Gasteiger partial charge on any atom is -0.480 e. The number of carboxylic acid groups (broad SMARTS) is 1. The average molecular weight is 499 g/mol. The normalized spacial score (nSPS) is 14.4. The second-order valence-electron chi connectivity index (χ2n) is 9.97. The summed E-state index contributed by atoms with van der Waals surface area (Å²) in [6.45, 7) is 5.99. The molecule has 0 aromatic heterocycles. The Morgan fingerprint density at radius 2 is 1.54 bits per heavy atom. The topological polar surface area (TPSA) is 105 Å². The van der Waals surface area contributed by atoms with Gasteiger partial charge in [-0.2, -0.15) is 11.8 Å². The zero-order valence-electron chi connectivity index (χ0n) is 20.7. The number of carbonyl (C=O) groups excluding carboxylic acids is 2. The number of alkyl carbamates (subject to hydrolysis) is 1. The highest BCUT2D eigenvalue weighted by Gasteiger charge is 2.32. The van der Waals surface area contributed by atoms with Gasteiger partial charge in [0.25, 0.3) is 0 Å². The molecule has 35 heavy (non-hydrogen) atoms. The van der Waals surface area contributed by atoms with Crippen LogP contribution in [-0.4, -0.2) is 53.8 Å².